The Morgan fingerprint density at radius 3 is 2.45 bits per heavy atom. The molecule has 5 heteroatoms. The predicted molar refractivity (Wildman–Crippen MR) is 40.1 cm³/mol. The summed E-state index contributed by atoms with van der Waals surface area (Å²) in [5.74, 6) is -0.0527. The van der Waals surface area contributed by atoms with Gasteiger partial charge in [0.1, 0.15) is 0 Å². The Kier molecular flexibility index (Phi) is 2.16. The molecule has 0 aliphatic heterocycles. The van der Waals surface area contributed by atoms with Crippen molar-refractivity contribution in [1.29, 1.82) is 5.26 Å². The zero-order valence-electron chi connectivity index (χ0n) is 6.24. The minimum Gasteiger partial charge on any atom is -0.218 e. The Morgan fingerprint density at radius 2 is 2.09 bits per heavy atom. The maximum atomic E-state index is 11.0. The molecule has 1 aliphatic carbocycles. The molecule has 0 aromatic heterocycles. The molecule has 0 bridgehead atoms. The van der Waals surface area contributed by atoms with E-state index in [2.05, 4.69) is 4.72 Å². The summed E-state index contributed by atoms with van der Waals surface area (Å²) in [5.41, 5.74) is 0. The summed E-state index contributed by atoms with van der Waals surface area (Å²) in [5, 5.41) is 8.04. The Morgan fingerprint density at radius 1 is 1.55 bits per heavy atom. The van der Waals surface area contributed by atoms with Crippen molar-refractivity contribution in [2.24, 2.45) is 5.92 Å². The van der Waals surface area contributed by atoms with Gasteiger partial charge < -0.3 is 0 Å². The van der Waals surface area contributed by atoms with Gasteiger partial charge in [-0.3, -0.25) is 0 Å². The molecule has 1 saturated carbocycles. The third kappa shape index (κ3) is 1.52. The van der Waals surface area contributed by atoms with Gasteiger partial charge in [-0.1, -0.05) is 0 Å². The predicted octanol–water partition coefficient (Wildman–Crippen LogP) is -0.162. The molecule has 0 spiro atoms. The molecular formula is C6H10N2O2S. The van der Waals surface area contributed by atoms with E-state index >= 15 is 0 Å². The molecule has 1 fully saturated rings. The van der Waals surface area contributed by atoms with Crippen molar-refractivity contribution < 1.29 is 8.42 Å². The average molecular weight is 174 g/mol. The van der Waals surface area contributed by atoms with E-state index in [1.807, 2.05) is 6.07 Å². The van der Waals surface area contributed by atoms with Crippen LogP contribution in [0.15, 0.2) is 0 Å². The first-order valence-electron chi connectivity index (χ1n) is 3.42. The first kappa shape index (κ1) is 8.50. The number of rotatable bonds is 2. The van der Waals surface area contributed by atoms with Crippen molar-refractivity contribution in [3.8, 4) is 6.07 Å². The highest BCUT2D eigenvalue weighted by Gasteiger charge is 2.37. The maximum Gasteiger partial charge on any atom is 0.214 e. The monoisotopic (exact) mass is 174 g/mol. The standard InChI is InChI=1S/C6H10N2O2S/c1-8-11(9,10)6-2-5(3-6)4-7/h5-6,8H,2-3H2,1H3. The van der Waals surface area contributed by atoms with Crippen LogP contribution in [-0.4, -0.2) is 20.7 Å². The second-order valence-corrected chi connectivity index (χ2v) is 4.83. The zero-order chi connectivity index (χ0) is 8.48. The van der Waals surface area contributed by atoms with E-state index in [0.717, 1.165) is 0 Å². The summed E-state index contributed by atoms with van der Waals surface area (Å²) in [6.07, 6.45) is 0.972. The fourth-order valence-electron chi connectivity index (χ4n) is 1.09. The van der Waals surface area contributed by atoms with E-state index in [9.17, 15) is 8.42 Å². The van der Waals surface area contributed by atoms with Crippen LogP contribution in [0.5, 0.6) is 0 Å². The molecule has 0 saturated heterocycles. The highest BCUT2D eigenvalue weighted by molar-refractivity contribution is 7.90. The third-order valence-corrected chi connectivity index (χ3v) is 3.83. The molecule has 1 rings (SSSR count). The molecule has 0 aromatic rings. The fourth-order valence-corrected chi connectivity index (χ4v) is 2.40. The molecule has 0 radical (unpaired) electrons. The van der Waals surface area contributed by atoms with Crippen LogP contribution >= 0.6 is 0 Å². The van der Waals surface area contributed by atoms with Crippen LogP contribution in [-0.2, 0) is 10.0 Å². The van der Waals surface area contributed by atoms with Crippen molar-refractivity contribution in [1.82, 2.24) is 4.72 Å². The topological polar surface area (TPSA) is 70.0 Å². The van der Waals surface area contributed by atoms with Crippen LogP contribution in [0, 0.1) is 17.2 Å². The van der Waals surface area contributed by atoms with E-state index in [1.165, 1.54) is 7.05 Å². The highest BCUT2D eigenvalue weighted by Crippen LogP contribution is 2.31. The normalized spacial score (nSPS) is 30.5. The molecule has 1 N–H and O–H groups in total. The molecule has 4 nitrogen and oxygen atoms in total. The summed E-state index contributed by atoms with van der Waals surface area (Å²) in [6.45, 7) is 0. The molecule has 1 aliphatic rings. The molecule has 0 unspecified atom stereocenters. The summed E-state index contributed by atoms with van der Waals surface area (Å²) >= 11 is 0. The summed E-state index contributed by atoms with van der Waals surface area (Å²) in [4.78, 5) is 0. The van der Waals surface area contributed by atoms with E-state index in [4.69, 9.17) is 5.26 Å². The van der Waals surface area contributed by atoms with Gasteiger partial charge in [0.2, 0.25) is 10.0 Å². The smallest absolute Gasteiger partial charge is 0.214 e. The molecule has 11 heavy (non-hydrogen) atoms. The molecule has 0 aromatic carbocycles. The maximum absolute atomic E-state index is 11.0. The van der Waals surface area contributed by atoms with Gasteiger partial charge in [0.25, 0.3) is 0 Å². The minimum absolute atomic E-state index is 0.0527. The van der Waals surface area contributed by atoms with Crippen LogP contribution in [0.4, 0.5) is 0 Å². The first-order chi connectivity index (χ1) is 5.10. The van der Waals surface area contributed by atoms with Crippen molar-refractivity contribution >= 4 is 10.0 Å². The lowest BCUT2D eigenvalue weighted by Gasteiger charge is -2.29. The summed E-state index contributed by atoms with van der Waals surface area (Å²) in [7, 11) is -1.71. The zero-order valence-corrected chi connectivity index (χ0v) is 7.06. The van der Waals surface area contributed by atoms with Crippen LogP contribution < -0.4 is 4.72 Å². The fraction of sp³-hybridized carbons (Fsp3) is 0.833. The van der Waals surface area contributed by atoms with Crippen molar-refractivity contribution in [3.05, 3.63) is 0 Å². The van der Waals surface area contributed by atoms with Gasteiger partial charge in [-0.05, 0) is 19.9 Å². The number of nitrogens with one attached hydrogen (secondary N) is 1. The lowest BCUT2D eigenvalue weighted by atomic mass is 9.86. The average Bonchev–Trinajstić information content (AvgIpc) is 1.85. The third-order valence-electron chi connectivity index (χ3n) is 2.00. The quantitative estimate of drug-likeness (QED) is 0.632. The first-order valence-corrected chi connectivity index (χ1v) is 4.96. The van der Waals surface area contributed by atoms with Crippen LogP contribution in [0.1, 0.15) is 12.8 Å². The summed E-state index contributed by atoms with van der Waals surface area (Å²) < 4.78 is 24.3. The van der Waals surface area contributed by atoms with Gasteiger partial charge in [-0.2, -0.15) is 5.26 Å². The van der Waals surface area contributed by atoms with Crippen molar-refractivity contribution in [2.75, 3.05) is 7.05 Å². The van der Waals surface area contributed by atoms with E-state index in [-0.39, 0.29) is 11.2 Å². The largest absolute Gasteiger partial charge is 0.218 e. The molecule has 0 amide bonds. The Bertz CT molecular complexity index is 271. The van der Waals surface area contributed by atoms with Crippen molar-refractivity contribution in [3.63, 3.8) is 0 Å². The number of hydrogen-bond acceptors (Lipinski definition) is 3. The van der Waals surface area contributed by atoms with Gasteiger partial charge in [0, 0.05) is 5.92 Å². The van der Waals surface area contributed by atoms with E-state index < -0.39 is 10.0 Å². The second kappa shape index (κ2) is 2.80. The number of nitriles is 1. The number of nitrogens with zero attached hydrogens (tertiary/aromatic N) is 1. The van der Waals surface area contributed by atoms with E-state index in [1.54, 1.807) is 0 Å². The van der Waals surface area contributed by atoms with Gasteiger partial charge in [-0.15, -0.1) is 0 Å². The Hall–Kier alpha value is -0.600. The number of hydrogen-bond donors (Lipinski definition) is 1. The molecule has 62 valence electrons. The molecule has 0 heterocycles. The molecule has 0 atom stereocenters. The van der Waals surface area contributed by atoms with Gasteiger partial charge >= 0.3 is 0 Å². The van der Waals surface area contributed by atoms with Crippen LogP contribution in [0.2, 0.25) is 0 Å². The van der Waals surface area contributed by atoms with Crippen molar-refractivity contribution in [2.45, 2.75) is 18.1 Å². The summed E-state index contributed by atoms with van der Waals surface area (Å²) in [6, 6.07) is 2.04. The van der Waals surface area contributed by atoms with Crippen LogP contribution in [0.25, 0.3) is 0 Å². The van der Waals surface area contributed by atoms with Gasteiger partial charge in [0.15, 0.2) is 0 Å². The van der Waals surface area contributed by atoms with Gasteiger partial charge in [-0.25, -0.2) is 13.1 Å². The second-order valence-electron chi connectivity index (χ2n) is 2.67. The Labute approximate surface area is 66.3 Å². The van der Waals surface area contributed by atoms with Crippen LogP contribution in [0.3, 0.4) is 0 Å². The van der Waals surface area contributed by atoms with Gasteiger partial charge in [0.05, 0.1) is 11.3 Å². The minimum atomic E-state index is -3.11. The SMILES string of the molecule is CNS(=O)(=O)C1CC(C#N)C1. The number of sulfonamides is 1. The van der Waals surface area contributed by atoms with E-state index in [0.29, 0.717) is 12.8 Å². The highest BCUT2D eigenvalue weighted by atomic mass is 32.2. The Balaban J connectivity index is 2.52. The lowest BCUT2D eigenvalue weighted by molar-refractivity contribution is 0.388. The molecular weight excluding hydrogens is 164 g/mol. The lowest BCUT2D eigenvalue weighted by Crippen LogP contribution is -2.40.